The maximum atomic E-state index is 12.5. The molecule has 3 nitrogen and oxygen atoms in total. The molecule has 1 N–H and O–H groups in total. The summed E-state index contributed by atoms with van der Waals surface area (Å²) < 4.78 is 0. The van der Waals surface area contributed by atoms with Gasteiger partial charge in [-0.05, 0) is 37.8 Å². The first kappa shape index (κ1) is 13.4. The Bertz CT molecular complexity index is 420. The fourth-order valence-electron chi connectivity index (χ4n) is 2.50. The van der Waals surface area contributed by atoms with Crippen LogP contribution in [0.4, 0.5) is 0 Å². The molecule has 0 radical (unpaired) electrons. The Morgan fingerprint density at radius 2 is 2.17 bits per heavy atom. The number of carbonyl (C=O) groups excluding carboxylic acids is 1. The summed E-state index contributed by atoms with van der Waals surface area (Å²) in [6.07, 6.45) is 4.27. The number of halogens is 1. The Labute approximate surface area is 116 Å². The summed E-state index contributed by atoms with van der Waals surface area (Å²) in [6.45, 7) is 0.796. The van der Waals surface area contributed by atoms with Gasteiger partial charge in [0.2, 0.25) is 0 Å². The molecule has 1 heterocycles. The zero-order chi connectivity index (χ0) is 13.0. The fraction of sp³-hybridized carbons (Fsp3) is 0.500. The van der Waals surface area contributed by atoms with Gasteiger partial charge in [0.25, 0.3) is 5.91 Å². The Hall–Kier alpha value is -1.03. The second-order valence-electron chi connectivity index (χ2n) is 4.64. The molecule has 0 aliphatic carbocycles. The molecule has 0 aromatic heterocycles. The van der Waals surface area contributed by atoms with Crippen LogP contribution in [0, 0.1) is 0 Å². The number of hydrogen-bond donors (Lipinski definition) is 1. The Kier molecular flexibility index (Phi) is 4.64. The zero-order valence-electron chi connectivity index (χ0n) is 10.3. The minimum absolute atomic E-state index is 0.0428. The third-order valence-electron chi connectivity index (χ3n) is 3.46. The molecule has 1 amide bonds. The van der Waals surface area contributed by atoms with Crippen LogP contribution in [-0.2, 0) is 0 Å². The molecule has 1 aromatic carbocycles. The average Bonchev–Trinajstić information content (AvgIpc) is 2.40. The lowest BCUT2D eigenvalue weighted by molar-refractivity contribution is 0.0607. The topological polar surface area (TPSA) is 40.5 Å². The molecule has 1 aromatic rings. The van der Waals surface area contributed by atoms with Crippen molar-refractivity contribution in [2.24, 2.45) is 0 Å². The van der Waals surface area contributed by atoms with Crippen molar-refractivity contribution < 1.29 is 9.90 Å². The van der Waals surface area contributed by atoms with Crippen LogP contribution in [0.25, 0.3) is 0 Å². The van der Waals surface area contributed by atoms with Gasteiger partial charge < -0.3 is 10.0 Å². The number of alkyl halides is 1. The first-order valence-corrected chi connectivity index (χ1v) is 7.51. The molecule has 1 unspecified atom stereocenters. The lowest BCUT2D eigenvalue weighted by Gasteiger charge is -2.35. The smallest absolute Gasteiger partial charge is 0.257 e. The van der Waals surface area contributed by atoms with Gasteiger partial charge >= 0.3 is 0 Å². The Balaban J connectivity index is 2.18. The summed E-state index contributed by atoms with van der Waals surface area (Å²) in [5.74, 6) is 0.0319. The van der Waals surface area contributed by atoms with Crippen molar-refractivity contribution in [2.45, 2.75) is 31.7 Å². The summed E-state index contributed by atoms with van der Waals surface area (Å²) in [4.78, 5) is 14.4. The molecule has 1 saturated heterocycles. The first-order chi connectivity index (χ1) is 8.74. The van der Waals surface area contributed by atoms with Crippen LogP contribution in [0.2, 0.25) is 0 Å². The molecule has 0 saturated carbocycles. The molecule has 1 atom stereocenters. The number of carbonyl (C=O) groups is 1. The fourth-order valence-corrected chi connectivity index (χ4v) is 3.03. The molecule has 18 heavy (non-hydrogen) atoms. The predicted molar refractivity (Wildman–Crippen MR) is 75.2 cm³/mol. The van der Waals surface area contributed by atoms with Gasteiger partial charge in [0, 0.05) is 17.9 Å². The van der Waals surface area contributed by atoms with E-state index in [1.807, 2.05) is 4.90 Å². The monoisotopic (exact) mass is 311 g/mol. The van der Waals surface area contributed by atoms with Crippen molar-refractivity contribution in [3.05, 3.63) is 29.8 Å². The van der Waals surface area contributed by atoms with E-state index in [0.717, 1.165) is 31.1 Å². The van der Waals surface area contributed by atoms with Gasteiger partial charge in [0.05, 0.1) is 5.56 Å². The van der Waals surface area contributed by atoms with Crippen LogP contribution < -0.4 is 0 Å². The summed E-state index contributed by atoms with van der Waals surface area (Å²) in [7, 11) is 0. The highest BCUT2D eigenvalue weighted by Crippen LogP contribution is 2.25. The second-order valence-corrected chi connectivity index (χ2v) is 5.44. The third-order valence-corrected chi connectivity index (χ3v) is 3.92. The average molecular weight is 312 g/mol. The van der Waals surface area contributed by atoms with Crippen molar-refractivity contribution in [3.8, 4) is 5.75 Å². The number of phenols is 1. The minimum atomic E-state index is -0.0428. The van der Waals surface area contributed by atoms with Crippen LogP contribution in [0.15, 0.2) is 24.3 Å². The van der Waals surface area contributed by atoms with E-state index in [4.69, 9.17) is 0 Å². The number of aromatic hydroxyl groups is 1. The molecular weight excluding hydrogens is 294 g/mol. The molecule has 0 bridgehead atoms. The lowest BCUT2D eigenvalue weighted by atomic mass is 9.98. The number of amides is 1. The number of hydrogen-bond acceptors (Lipinski definition) is 2. The Morgan fingerprint density at radius 1 is 1.39 bits per heavy atom. The van der Waals surface area contributed by atoms with Crippen molar-refractivity contribution in [3.63, 3.8) is 0 Å². The van der Waals surface area contributed by atoms with Crippen molar-refractivity contribution in [1.29, 1.82) is 0 Å². The van der Waals surface area contributed by atoms with Crippen LogP contribution in [0.5, 0.6) is 5.75 Å². The van der Waals surface area contributed by atoms with Crippen LogP contribution >= 0.6 is 15.9 Å². The summed E-state index contributed by atoms with van der Waals surface area (Å²) >= 11 is 3.44. The largest absolute Gasteiger partial charge is 0.507 e. The second kappa shape index (κ2) is 6.23. The zero-order valence-corrected chi connectivity index (χ0v) is 11.9. The van der Waals surface area contributed by atoms with E-state index in [1.165, 1.54) is 6.42 Å². The predicted octanol–water partition coefficient (Wildman–Crippen LogP) is 3.17. The van der Waals surface area contributed by atoms with E-state index in [9.17, 15) is 9.90 Å². The highest BCUT2D eigenvalue weighted by atomic mass is 79.9. The van der Waals surface area contributed by atoms with Gasteiger partial charge in [-0.2, -0.15) is 0 Å². The normalized spacial score (nSPS) is 19.8. The van der Waals surface area contributed by atoms with E-state index in [2.05, 4.69) is 15.9 Å². The molecule has 1 aliphatic heterocycles. The van der Waals surface area contributed by atoms with Crippen molar-refractivity contribution in [1.82, 2.24) is 4.90 Å². The standard InChI is InChI=1S/C14H18BrNO2/c15-9-8-11-5-3-4-10-16(11)14(18)12-6-1-2-7-13(12)17/h1-2,6-7,11,17H,3-5,8-10H2. The molecule has 2 rings (SSSR count). The molecule has 0 spiro atoms. The summed E-state index contributed by atoms with van der Waals surface area (Å²) in [5, 5.41) is 10.7. The number of benzene rings is 1. The van der Waals surface area contributed by atoms with E-state index in [0.29, 0.717) is 11.6 Å². The maximum Gasteiger partial charge on any atom is 0.257 e. The third kappa shape index (κ3) is 2.86. The van der Waals surface area contributed by atoms with Gasteiger partial charge in [-0.3, -0.25) is 4.79 Å². The van der Waals surface area contributed by atoms with Crippen LogP contribution in [0.3, 0.4) is 0 Å². The lowest BCUT2D eigenvalue weighted by Crippen LogP contribution is -2.43. The van der Waals surface area contributed by atoms with E-state index in [-0.39, 0.29) is 11.7 Å². The summed E-state index contributed by atoms with van der Waals surface area (Å²) in [5.41, 5.74) is 0.416. The van der Waals surface area contributed by atoms with E-state index in [1.54, 1.807) is 24.3 Å². The molecule has 98 valence electrons. The van der Waals surface area contributed by atoms with Gasteiger partial charge in [0.15, 0.2) is 0 Å². The SMILES string of the molecule is O=C(c1ccccc1O)N1CCCCC1CCBr. The van der Waals surface area contributed by atoms with E-state index >= 15 is 0 Å². The number of para-hydroxylation sites is 1. The van der Waals surface area contributed by atoms with E-state index < -0.39 is 0 Å². The quantitative estimate of drug-likeness (QED) is 0.871. The van der Waals surface area contributed by atoms with Crippen molar-refractivity contribution in [2.75, 3.05) is 11.9 Å². The van der Waals surface area contributed by atoms with Crippen molar-refractivity contribution >= 4 is 21.8 Å². The number of phenolic OH excluding ortho intramolecular Hbond substituents is 1. The molecule has 1 aliphatic rings. The number of likely N-dealkylation sites (tertiary alicyclic amines) is 1. The summed E-state index contributed by atoms with van der Waals surface area (Å²) in [6, 6.07) is 7.08. The number of rotatable bonds is 3. The number of nitrogens with zero attached hydrogens (tertiary/aromatic N) is 1. The highest BCUT2D eigenvalue weighted by molar-refractivity contribution is 9.09. The first-order valence-electron chi connectivity index (χ1n) is 6.39. The number of piperidine rings is 1. The maximum absolute atomic E-state index is 12.5. The minimum Gasteiger partial charge on any atom is -0.507 e. The molecular formula is C14H18BrNO2. The van der Waals surface area contributed by atoms with Gasteiger partial charge in [0.1, 0.15) is 5.75 Å². The molecule has 4 heteroatoms. The highest BCUT2D eigenvalue weighted by Gasteiger charge is 2.27. The molecule has 1 fully saturated rings. The van der Waals surface area contributed by atoms with Gasteiger partial charge in [-0.15, -0.1) is 0 Å². The van der Waals surface area contributed by atoms with Gasteiger partial charge in [-0.25, -0.2) is 0 Å². The Morgan fingerprint density at radius 3 is 2.89 bits per heavy atom. The van der Waals surface area contributed by atoms with Gasteiger partial charge in [-0.1, -0.05) is 28.1 Å². The van der Waals surface area contributed by atoms with Crippen LogP contribution in [0.1, 0.15) is 36.0 Å². The van der Waals surface area contributed by atoms with Crippen LogP contribution in [-0.4, -0.2) is 33.8 Å².